The molecule has 0 aliphatic carbocycles. The van der Waals surface area contributed by atoms with Gasteiger partial charge in [-0.15, -0.1) is 0 Å². The Morgan fingerprint density at radius 2 is 1.16 bits per heavy atom. The first-order valence-corrected chi connectivity index (χ1v) is 19.8. The minimum Gasteiger partial charge on any atom is -0.491 e. The Kier molecular flexibility index (Phi) is 20.5. The molecule has 2 rings (SSSR count). The quantitative estimate of drug-likeness (QED) is 0.107. The van der Waals surface area contributed by atoms with Gasteiger partial charge in [0.1, 0.15) is 29.6 Å². The standard InChI is InChI=1S/C41H72N4O10/c1-12-50-26-27-52-33-16-14-32(15-17-33)28-34(38(49)51-13-2)45-24-22-43(30-36(47)54-40(6,7)8)20-18-42(29-35(46)53-39(3,4)5)19-21-44(23-25-45)31-37(48)55-41(9,10)11/h14-17,34,36,47H,12-13,18-31H2,1-11H3/t34-,36?/m0/s1. The minimum atomic E-state index is -1.06. The third-order valence-corrected chi connectivity index (χ3v) is 8.37. The molecule has 0 aromatic heterocycles. The second-order valence-corrected chi connectivity index (χ2v) is 16.9. The predicted octanol–water partition coefficient (Wildman–Crippen LogP) is 3.61. The molecule has 316 valence electrons. The van der Waals surface area contributed by atoms with Crippen LogP contribution in [0.2, 0.25) is 0 Å². The van der Waals surface area contributed by atoms with Gasteiger partial charge >= 0.3 is 17.9 Å². The zero-order chi connectivity index (χ0) is 41.2. The van der Waals surface area contributed by atoms with Gasteiger partial charge in [0, 0.05) is 65.5 Å². The minimum absolute atomic E-state index is 0.0443. The lowest BCUT2D eigenvalue weighted by Crippen LogP contribution is -2.53. The number of carbonyl (C=O) groups excluding carboxylic acids is 3. The molecule has 1 unspecified atom stereocenters. The topological polar surface area (TPSA) is 140 Å². The van der Waals surface area contributed by atoms with E-state index in [1.165, 1.54) is 0 Å². The van der Waals surface area contributed by atoms with Crippen molar-refractivity contribution in [3.8, 4) is 5.75 Å². The molecule has 1 heterocycles. The van der Waals surface area contributed by atoms with Crippen LogP contribution in [0.5, 0.6) is 5.75 Å². The van der Waals surface area contributed by atoms with Gasteiger partial charge in [0.05, 0.1) is 31.9 Å². The number of rotatable bonds is 17. The average molecular weight is 781 g/mol. The molecule has 2 atom stereocenters. The number of esters is 3. The Labute approximate surface area is 330 Å². The summed E-state index contributed by atoms with van der Waals surface area (Å²) >= 11 is 0. The third kappa shape index (κ3) is 21.9. The van der Waals surface area contributed by atoms with E-state index in [2.05, 4.69) is 9.80 Å². The normalized spacial score (nSPS) is 17.7. The summed E-state index contributed by atoms with van der Waals surface area (Å²) < 4.78 is 34.1. The summed E-state index contributed by atoms with van der Waals surface area (Å²) in [7, 11) is 0. The zero-order valence-electron chi connectivity index (χ0n) is 35.7. The summed E-state index contributed by atoms with van der Waals surface area (Å²) in [5, 5.41) is 11.0. The molecule has 1 fully saturated rings. The molecule has 14 heteroatoms. The first kappa shape index (κ1) is 48.3. The molecule has 0 spiro atoms. The summed E-state index contributed by atoms with van der Waals surface area (Å²) in [6, 6.07) is 7.07. The van der Waals surface area contributed by atoms with Crippen molar-refractivity contribution < 1.29 is 47.9 Å². The van der Waals surface area contributed by atoms with Crippen molar-refractivity contribution in [3.63, 3.8) is 0 Å². The number of benzene rings is 1. The first-order valence-electron chi connectivity index (χ1n) is 19.8. The van der Waals surface area contributed by atoms with Crippen LogP contribution in [0.1, 0.15) is 81.7 Å². The van der Waals surface area contributed by atoms with E-state index >= 15 is 0 Å². The summed E-state index contributed by atoms with van der Waals surface area (Å²) in [4.78, 5) is 48.2. The largest absolute Gasteiger partial charge is 0.491 e. The number of aliphatic hydroxyl groups excluding tert-OH is 1. The second-order valence-electron chi connectivity index (χ2n) is 16.9. The summed E-state index contributed by atoms with van der Waals surface area (Å²) in [5.41, 5.74) is -0.903. The smallest absolute Gasteiger partial charge is 0.323 e. The number of β-amino-alcohol motifs (C(OH)–C–C–N with tert-alkyl or cyclic N) is 1. The summed E-state index contributed by atoms with van der Waals surface area (Å²) in [6.07, 6.45) is -0.663. The maximum Gasteiger partial charge on any atom is 0.323 e. The SMILES string of the molecule is CCOCCOc1ccc(C[C@@H](C(=O)OCC)N2CCN(CC(=O)OC(C)(C)C)CCN(CC(=O)OC(C)(C)C)CCN(CC(O)OC(C)(C)C)CC2)cc1. The summed E-state index contributed by atoms with van der Waals surface area (Å²) in [5.74, 6) is -0.312. The molecule has 1 aromatic rings. The lowest BCUT2D eigenvalue weighted by atomic mass is 10.0. The van der Waals surface area contributed by atoms with E-state index in [9.17, 15) is 19.5 Å². The molecule has 0 bridgehead atoms. The van der Waals surface area contributed by atoms with Gasteiger partial charge in [-0.1, -0.05) is 12.1 Å². The van der Waals surface area contributed by atoms with Crippen molar-refractivity contribution >= 4 is 17.9 Å². The molecule has 0 radical (unpaired) electrons. The first-order chi connectivity index (χ1) is 25.7. The number of ether oxygens (including phenoxy) is 6. The maximum absolute atomic E-state index is 13.8. The van der Waals surface area contributed by atoms with E-state index in [0.29, 0.717) is 84.3 Å². The number of nitrogens with zero attached hydrogens (tertiary/aromatic N) is 4. The van der Waals surface area contributed by atoms with Crippen molar-refractivity contribution in [1.82, 2.24) is 19.6 Å². The zero-order valence-corrected chi connectivity index (χ0v) is 35.7. The Bertz CT molecular complexity index is 1280. The van der Waals surface area contributed by atoms with Gasteiger partial charge in [-0.3, -0.25) is 34.0 Å². The van der Waals surface area contributed by atoms with Crippen LogP contribution in [-0.2, 0) is 44.5 Å². The van der Waals surface area contributed by atoms with E-state index < -0.39 is 29.1 Å². The molecular formula is C41H72N4O10. The molecule has 55 heavy (non-hydrogen) atoms. The van der Waals surface area contributed by atoms with Crippen molar-refractivity contribution in [3.05, 3.63) is 29.8 Å². The van der Waals surface area contributed by atoms with Crippen LogP contribution in [0.3, 0.4) is 0 Å². The van der Waals surface area contributed by atoms with Crippen molar-refractivity contribution in [2.45, 2.75) is 112 Å². The lowest BCUT2D eigenvalue weighted by molar-refractivity contribution is -0.174. The van der Waals surface area contributed by atoms with E-state index in [0.717, 1.165) is 5.56 Å². The van der Waals surface area contributed by atoms with Crippen molar-refractivity contribution in [1.29, 1.82) is 0 Å². The maximum atomic E-state index is 13.8. The van der Waals surface area contributed by atoms with Crippen LogP contribution >= 0.6 is 0 Å². The fourth-order valence-corrected chi connectivity index (χ4v) is 6.05. The Morgan fingerprint density at radius 1 is 0.673 bits per heavy atom. The number of aliphatic hydroxyl groups is 1. The van der Waals surface area contributed by atoms with Crippen LogP contribution in [-0.4, -0.2) is 170 Å². The second kappa shape index (κ2) is 23.4. The highest BCUT2D eigenvalue weighted by Gasteiger charge is 2.31. The highest BCUT2D eigenvalue weighted by Crippen LogP contribution is 2.18. The van der Waals surface area contributed by atoms with Crippen LogP contribution < -0.4 is 4.74 Å². The molecular weight excluding hydrogens is 708 g/mol. The van der Waals surface area contributed by atoms with Gasteiger partial charge in [-0.2, -0.15) is 0 Å². The Balaban J connectivity index is 2.46. The van der Waals surface area contributed by atoms with E-state index in [-0.39, 0.29) is 44.1 Å². The van der Waals surface area contributed by atoms with Gasteiger partial charge < -0.3 is 33.5 Å². The monoisotopic (exact) mass is 781 g/mol. The van der Waals surface area contributed by atoms with Crippen molar-refractivity contribution in [2.75, 3.05) is 98.4 Å². The van der Waals surface area contributed by atoms with Gasteiger partial charge in [0.25, 0.3) is 0 Å². The molecule has 0 saturated carbocycles. The molecule has 1 aliphatic rings. The van der Waals surface area contributed by atoms with Crippen LogP contribution in [0.15, 0.2) is 24.3 Å². The van der Waals surface area contributed by atoms with E-state index in [4.69, 9.17) is 28.4 Å². The third-order valence-electron chi connectivity index (χ3n) is 8.37. The van der Waals surface area contributed by atoms with Gasteiger partial charge in [-0.05, 0) is 100 Å². The highest BCUT2D eigenvalue weighted by molar-refractivity contribution is 5.76. The Morgan fingerprint density at radius 3 is 1.64 bits per heavy atom. The highest BCUT2D eigenvalue weighted by atomic mass is 16.6. The molecule has 0 amide bonds. The predicted molar refractivity (Wildman–Crippen MR) is 212 cm³/mol. The van der Waals surface area contributed by atoms with Crippen molar-refractivity contribution in [2.24, 2.45) is 0 Å². The number of carbonyl (C=O) groups is 3. The van der Waals surface area contributed by atoms with Gasteiger partial charge in [0.15, 0.2) is 6.29 Å². The van der Waals surface area contributed by atoms with E-state index in [1.807, 2.05) is 103 Å². The van der Waals surface area contributed by atoms with Crippen LogP contribution in [0.25, 0.3) is 0 Å². The molecule has 1 N–H and O–H groups in total. The summed E-state index contributed by atoms with van der Waals surface area (Å²) in [6.45, 7) is 26.3. The molecule has 1 aliphatic heterocycles. The average Bonchev–Trinajstić information content (AvgIpc) is 3.04. The lowest BCUT2D eigenvalue weighted by Gasteiger charge is -2.37. The molecule has 1 saturated heterocycles. The van der Waals surface area contributed by atoms with Crippen LogP contribution in [0.4, 0.5) is 0 Å². The fourth-order valence-electron chi connectivity index (χ4n) is 6.05. The Hall–Kier alpha value is -2.85. The number of hydrogen-bond acceptors (Lipinski definition) is 14. The van der Waals surface area contributed by atoms with Gasteiger partial charge in [0.2, 0.25) is 0 Å². The fraction of sp³-hybridized carbons (Fsp3) is 0.780. The van der Waals surface area contributed by atoms with E-state index in [1.54, 1.807) is 6.92 Å². The number of hydrogen-bond donors (Lipinski definition) is 1. The molecule has 14 nitrogen and oxygen atoms in total. The molecule has 1 aromatic carbocycles. The van der Waals surface area contributed by atoms with Gasteiger partial charge in [-0.25, -0.2) is 0 Å². The van der Waals surface area contributed by atoms with Crippen LogP contribution in [0, 0.1) is 0 Å².